The number of para-hydroxylation sites is 2. The molecule has 14 heteroatoms. The first kappa shape index (κ1) is 36.5. The number of hydrazine groups is 4. The van der Waals surface area contributed by atoms with Gasteiger partial charge >= 0.3 is 0 Å². The molecule has 50 heavy (non-hydrogen) atoms. The summed E-state index contributed by atoms with van der Waals surface area (Å²) in [4.78, 5) is 11.7. The second-order valence-electron chi connectivity index (χ2n) is 11.0. The minimum absolute atomic E-state index is 0. The zero-order valence-electron chi connectivity index (χ0n) is 27.8. The highest BCUT2D eigenvalue weighted by atomic mass is 79.9. The lowest BCUT2D eigenvalue weighted by molar-refractivity contribution is 0.765. The van der Waals surface area contributed by atoms with Crippen molar-refractivity contribution in [2.24, 2.45) is 10.2 Å². The van der Waals surface area contributed by atoms with E-state index < -0.39 is 0 Å². The summed E-state index contributed by atoms with van der Waals surface area (Å²) in [6.45, 7) is 8.21. The summed E-state index contributed by atoms with van der Waals surface area (Å²) < 4.78 is 0. The molecule has 0 saturated heterocycles. The van der Waals surface area contributed by atoms with Crippen LogP contribution in [0.25, 0.3) is 0 Å². The maximum absolute atomic E-state index is 4.76. The Morgan fingerprint density at radius 2 is 0.780 bits per heavy atom. The molecule has 0 spiro atoms. The molecule has 6 aromatic rings. The molecule has 0 bridgehead atoms. The predicted molar refractivity (Wildman–Crippen MR) is 219 cm³/mol. The number of halogens is 2. The average molecular weight is 833 g/mol. The number of benzene rings is 4. The van der Waals surface area contributed by atoms with Crippen LogP contribution in [0.2, 0.25) is 0 Å². The van der Waals surface area contributed by atoms with Gasteiger partial charge in [0.25, 0.3) is 0 Å². The summed E-state index contributed by atoms with van der Waals surface area (Å²) in [6.07, 6.45) is 0. The highest BCUT2D eigenvalue weighted by Crippen LogP contribution is 2.32. The van der Waals surface area contributed by atoms with Gasteiger partial charge in [-0.15, -0.1) is 64.6 Å². The lowest BCUT2D eigenvalue weighted by atomic mass is 10.2. The molecular weight excluding hydrogens is 796 g/mol. The van der Waals surface area contributed by atoms with Gasteiger partial charge in [-0.2, -0.15) is 0 Å². The van der Waals surface area contributed by atoms with E-state index in [0.717, 1.165) is 55.8 Å². The van der Waals surface area contributed by atoms with Gasteiger partial charge in [0.05, 0.1) is 22.8 Å². The molecule has 2 aliphatic rings. The smallest absolute Gasteiger partial charge is 0.228 e. The Bertz CT molecular complexity index is 1870. The van der Waals surface area contributed by atoms with Gasteiger partial charge in [-0.25, -0.2) is 9.97 Å². The number of aryl methyl sites for hydroxylation is 4. The zero-order valence-corrected chi connectivity index (χ0v) is 32.8. The summed E-state index contributed by atoms with van der Waals surface area (Å²) in [5.74, 6) is 1.59. The topological polar surface area (TPSA) is 87.5 Å². The number of hydrogen-bond acceptors (Lipinski definition) is 12. The second-order valence-corrected chi connectivity index (χ2v) is 13.4. The number of hydrazone groups is 2. The molecule has 2 N–H and O–H groups in total. The van der Waals surface area contributed by atoms with E-state index in [4.69, 9.17) is 10.2 Å². The Balaban J connectivity index is 0.000000187. The highest BCUT2D eigenvalue weighted by molar-refractivity contribution is 8.93. The lowest BCUT2D eigenvalue weighted by Gasteiger charge is -2.25. The van der Waals surface area contributed by atoms with Crippen LogP contribution in [0.5, 0.6) is 0 Å². The normalized spacial score (nSPS) is 13.3. The number of anilines is 4. The Kier molecular flexibility index (Phi) is 11.9. The van der Waals surface area contributed by atoms with E-state index in [2.05, 4.69) is 34.7 Å². The number of rotatable bonds is 6. The predicted octanol–water partition coefficient (Wildman–Crippen LogP) is 8.89. The zero-order chi connectivity index (χ0) is 33.0. The summed E-state index contributed by atoms with van der Waals surface area (Å²) in [6, 6.07) is 40.3. The van der Waals surface area contributed by atoms with Gasteiger partial charge in [0.15, 0.2) is 11.7 Å². The molecule has 2 aliphatic heterocycles. The standard InChI is InChI=1S/2C18H17N5S.2BrH/c2*1-13-14(2)24-18(19-13)23-21-17(15-9-5-3-6-10-15)20-22(23)16-11-7-4-8-12-16;;/h2*3-12H,1-2H3,(H,20,21);2*1H. The van der Waals surface area contributed by atoms with Crippen molar-refractivity contribution in [1.82, 2.24) is 20.8 Å². The summed E-state index contributed by atoms with van der Waals surface area (Å²) in [5, 5.41) is 18.7. The number of hydrogen-bond donors (Lipinski definition) is 2. The first-order valence-corrected chi connectivity index (χ1v) is 17.1. The van der Waals surface area contributed by atoms with Crippen molar-refractivity contribution in [3.05, 3.63) is 154 Å². The van der Waals surface area contributed by atoms with Crippen LogP contribution in [0.1, 0.15) is 32.3 Å². The van der Waals surface area contributed by atoms with Crippen LogP contribution in [-0.4, -0.2) is 21.6 Å². The van der Waals surface area contributed by atoms with Gasteiger partial charge in [-0.1, -0.05) is 120 Å². The Morgan fingerprint density at radius 3 is 1.08 bits per heavy atom. The fourth-order valence-corrected chi connectivity index (χ4v) is 6.59. The Labute approximate surface area is 320 Å². The highest BCUT2D eigenvalue weighted by Gasteiger charge is 2.30. The molecule has 4 aromatic carbocycles. The van der Waals surface area contributed by atoms with Gasteiger partial charge < -0.3 is 0 Å². The van der Waals surface area contributed by atoms with E-state index in [1.807, 2.05) is 156 Å². The third kappa shape index (κ3) is 7.83. The molecule has 10 nitrogen and oxygen atoms in total. The molecule has 0 atom stereocenters. The van der Waals surface area contributed by atoms with E-state index >= 15 is 0 Å². The minimum atomic E-state index is 0. The quantitative estimate of drug-likeness (QED) is 0.172. The molecule has 4 heterocycles. The van der Waals surface area contributed by atoms with Crippen LogP contribution >= 0.6 is 56.6 Å². The van der Waals surface area contributed by atoms with Crippen molar-refractivity contribution < 1.29 is 0 Å². The molecule has 0 aliphatic carbocycles. The van der Waals surface area contributed by atoms with E-state index in [9.17, 15) is 0 Å². The number of thiazole rings is 2. The lowest BCUT2D eigenvalue weighted by Crippen LogP contribution is -2.44. The van der Waals surface area contributed by atoms with Crippen LogP contribution < -0.4 is 31.3 Å². The minimum Gasteiger partial charge on any atom is -0.256 e. The Hall–Kier alpha value is -4.76. The van der Waals surface area contributed by atoms with Crippen molar-refractivity contribution in [3.8, 4) is 0 Å². The summed E-state index contributed by atoms with van der Waals surface area (Å²) >= 11 is 3.29. The van der Waals surface area contributed by atoms with E-state index in [-0.39, 0.29) is 34.0 Å². The maximum atomic E-state index is 4.76. The van der Waals surface area contributed by atoms with Gasteiger partial charge in [0.2, 0.25) is 10.3 Å². The molecule has 0 radical (unpaired) electrons. The van der Waals surface area contributed by atoms with Crippen LogP contribution in [-0.2, 0) is 0 Å². The van der Waals surface area contributed by atoms with Crippen LogP contribution in [0.4, 0.5) is 21.6 Å². The summed E-state index contributed by atoms with van der Waals surface area (Å²) in [5.41, 5.74) is 12.8. The monoisotopic (exact) mass is 830 g/mol. The molecule has 0 fully saturated rings. The molecule has 0 amide bonds. The third-order valence-corrected chi connectivity index (χ3v) is 9.75. The number of nitrogens with zero attached hydrogens (tertiary/aromatic N) is 8. The van der Waals surface area contributed by atoms with Gasteiger partial charge in [-0.05, 0) is 52.0 Å². The van der Waals surface area contributed by atoms with Gasteiger partial charge in [0, 0.05) is 20.9 Å². The molecule has 0 unspecified atom stereocenters. The largest absolute Gasteiger partial charge is 0.256 e. The van der Waals surface area contributed by atoms with Crippen LogP contribution in [0, 0.1) is 27.7 Å². The number of aromatic nitrogens is 2. The summed E-state index contributed by atoms with van der Waals surface area (Å²) in [7, 11) is 0. The molecule has 0 saturated carbocycles. The van der Waals surface area contributed by atoms with Crippen molar-refractivity contribution in [3.63, 3.8) is 0 Å². The average Bonchev–Trinajstić information content (AvgIpc) is 3.93. The molecule has 8 rings (SSSR count). The maximum Gasteiger partial charge on any atom is 0.228 e. The fourth-order valence-electron chi connectivity index (χ4n) is 4.88. The van der Waals surface area contributed by atoms with Gasteiger partial charge in [-0.3, -0.25) is 10.9 Å². The first-order valence-electron chi connectivity index (χ1n) is 15.4. The SMILES string of the molecule is Br.Br.Cc1nc(N2NC(c3ccccc3)=NN2c2ccccc2)sc1C.Cc1nc(N2NC(c3ccccc3)=NN2c2ccccc2)sc1C. The van der Waals surface area contributed by atoms with Crippen molar-refractivity contribution in [2.75, 3.05) is 20.5 Å². The molecule has 2 aromatic heterocycles. The number of amidine groups is 2. The fraction of sp³-hybridized carbons (Fsp3) is 0.111. The van der Waals surface area contributed by atoms with E-state index in [1.165, 1.54) is 9.75 Å². The van der Waals surface area contributed by atoms with E-state index in [1.54, 1.807) is 22.7 Å². The van der Waals surface area contributed by atoms with E-state index in [0.29, 0.717) is 0 Å². The molecule has 256 valence electrons. The van der Waals surface area contributed by atoms with Crippen LogP contribution in [0.15, 0.2) is 132 Å². The number of nitrogens with one attached hydrogen (secondary N) is 2. The molecular formula is C36H36Br2N10S2. The van der Waals surface area contributed by atoms with Crippen molar-refractivity contribution in [2.45, 2.75) is 27.7 Å². The third-order valence-electron chi connectivity index (χ3n) is 7.66. The van der Waals surface area contributed by atoms with Gasteiger partial charge in [0.1, 0.15) is 0 Å². The first-order chi connectivity index (χ1) is 23.4. The van der Waals surface area contributed by atoms with Crippen molar-refractivity contribution in [1.29, 1.82) is 0 Å². The second kappa shape index (κ2) is 16.3. The van der Waals surface area contributed by atoms with Crippen LogP contribution in [0.3, 0.4) is 0 Å². The van der Waals surface area contributed by atoms with Crippen molar-refractivity contribution >= 4 is 89.9 Å². The Morgan fingerprint density at radius 1 is 0.460 bits per heavy atom.